The van der Waals surface area contributed by atoms with Crippen molar-refractivity contribution in [1.82, 2.24) is 9.97 Å². The molecule has 0 saturated carbocycles. The molecule has 2 aromatic heterocycles. The van der Waals surface area contributed by atoms with Crippen LogP contribution in [0.25, 0.3) is 0 Å². The van der Waals surface area contributed by atoms with Crippen LogP contribution >= 0.6 is 34.5 Å². The molecule has 0 bridgehead atoms. The van der Waals surface area contributed by atoms with Crippen molar-refractivity contribution >= 4 is 34.5 Å². The summed E-state index contributed by atoms with van der Waals surface area (Å²) in [5.41, 5.74) is 3.87. The zero-order valence-electron chi connectivity index (χ0n) is 13.9. The van der Waals surface area contributed by atoms with Gasteiger partial charge in [0, 0.05) is 26.5 Å². The molecule has 0 spiro atoms. The number of rotatable bonds is 3. The molecule has 0 amide bonds. The van der Waals surface area contributed by atoms with Crippen molar-refractivity contribution in [2.75, 3.05) is 6.61 Å². The number of aryl methyl sites for hydroxylation is 1. The highest BCUT2D eigenvalue weighted by Crippen LogP contribution is 2.41. The summed E-state index contributed by atoms with van der Waals surface area (Å²) in [6, 6.07) is 7.92. The Labute approximate surface area is 165 Å². The second-order valence-electron chi connectivity index (χ2n) is 6.18. The molecule has 1 aliphatic rings. The maximum atomic E-state index is 10.7. The third kappa shape index (κ3) is 3.26. The first-order chi connectivity index (χ1) is 12.5. The Morgan fingerprint density at radius 2 is 2.12 bits per heavy atom. The summed E-state index contributed by atoms with van der Waals surface area (Å²) in [5, 5.41) is 11.7. The Hall–Kier alpha value is -1.50. The largest absolute Gasteiger partial charge is 0.383 e. The summed E-state index contributed by atoms with van der Waals surface area (Å²) in [6.07, 6.45) is 2.72. The molecule has 3 heterocycles. The number of aliphatic hydroxyl groups excluding tert-OH is 1. The highest BCUT2D eigenvalue weighted by atomic mass is 35.5. The van der Waals surface area contributed by atoms with Crippen LogP contribution in [0, 0.1) is 6.92 Å². The first-order valence-electron chi connectivity index (χ1n) is 8.18. The minimum absolute atomic E-state index is 0.183. The summed E-state index contributed by atoms with van der Waals surface area (Å²) < 4.78 is 6.06. The number of aromatic nitrogens is 2. The molecule has 0 aliphatic carbocycles. The number of hydrogen-bond donors (Lipinski definition) is 1. The topological polar surface area (TPSA) is 55.2 Å². The second kappa shape index (κ2) is 7.25. The van der Waals surface area contributed by atoms with Gasteiger partial charge in [0.15, 0.2) is 0 Å². The lowest BCUT2D eigenvalue weighted by atomic mass is 9.93. The van der Waals surface area contributed by atoms with Gasteiger partial charge in [0.1, 0.15) is 23.7 Å². The van der Waals surface area contributed by atoms with E-state index in [-0.39, 0.29) is 11.3 Å². The number of ether oxygens (including phenoxy) is 1. The molecule has 1 aliphatic heterocycles. The van der Waals surface area contributed by atoms with Crippen LogP contribution in [0.5, 0.6) is 0 Å². The molecule has 4 nitrogen and oxygen atoms in total. The van der Waals surface area contributed by atoms with Crippen molar-refractivity contribution in [3.8, 4) is 0 Å². The number of nitrogens with zero attached hydrogens (tertiary/aromatic N) is 2. The number of thiophene rings is 1. The Morgan fingerprint density at radius 1 is 1.27 bits per heavy atom. The Balaban J connectivity index is 1.73. The van der Waals surface area contributed by atoms with E-state index in [1.807, 2.05) is 25.1 Å². The number of aliphatic hydroxyl groups is 1. The fourth-order valence-electron chi connectivity index (χ4n) is 3.25. The second-order valence-corrected chi connectivity index (χ2v) is 8.26. The number of halogens is 2. The fourth-order valence-corrected chi connectivity index (χ4v) is 4.69. The maximum absolute atomic E-state index is 10.7. The van der Waals surface area contributed by atoms with Crippen molar-refractivity contribution in [1.29, 1.82) is 0 Å². The average molecular weight is 407 g/mol. The van der Waals surface area contributed by atoms with Crippen LogP contribution in [0.1, 0.15) is 44.2 Å². The summed E-state index contributed by atoms with van der Waals surface area (Å²) in [6.45, 7) is 2.69. The van der Waals surface area contributed by atoms with E-state index in [0.29, 0.717) is 17.2 Å². The van der Waals surface area contributed by atoms with E-state index >= 15 is 0 Å². The molecular formula is C19H16Cl2N2O2S. The molecule has 0 radical (unpaired) electrons. The van der Waals surface area contributed by atoms with Gasteiger partial charge in [-0.05, 0) is 48.2 Å². The van der Waals surface area contributed by atoms with Crippen LogP contribution < -0.4 is 0 Å². The highest BCUT2D eigenvalue weighted by Gasteiger charge is 2.27. The molecule has 134 valence electrons. The van der Waals surface area contributed by atoms with Crippen LogP contribution in [0.2, 0.25) is 10.2 Å². The lowest BCUT2D eigenvalue weighted by molar-refractivity contribution is 0.0697. The molecule has 0 fully saturated rings. The normalized spacial score (nSPS) is 17.8. The van der Waals surface area contributed by atoms with Gasteiger partial charge in [0.2, 0.25) is 0 Å². The molecule has 7 heteroatoms. The molecule has 26 heavy (non-hydrogen) atoms. The fraction of sp³-hybridized carbons (Fsp3) is 0.263. The predicted molar refractivity (Wildman–Crippen MR) is 103 cm³/mol. The van der Waals surface area contributed by atoms with Crippen molar-refractivity contribution in [2.24, 2.45) is 0 Å². The van der Waals surface area contributed by atoms with E-state index < -0.39 is 6.10 Å². The zero-order valence-corrected chi connectivity index (χ0v) is 16.3. The average Bonchev–Trinajstić information content (AvgIpc) is 3.02. The molecular weight excluding hydrogens is 391 g/mol. The molecule has 4 rings (SSSR count). The summed E-state index contributed by atoms with van der Waals surface area (Å²) in [5.74, 6) is 0. The van der Waals surface area contributed by atoms with Crippen LogP contribution in [-0.4, -0.2) is 21.7 Å². The number of benzene rings is 1. The van der Waals surface area contributed by atoms with Gasteiger partial charge < -0.3 is 9.84 Å². The first-order valence-corrected chi connectivity index (χ1v) is 9.75. The van der Waals surface area contributed by atoms with E-state index in [4.69, 9.17) is 27.9 Å². The minimum atomic E-state index is -0.872. The Kier molecular flexibility index (Phi) is 4.99. The van der Waals surface area contributed by atoms with Gasteiger partial charge in [0.25, 0.3) is 0 Å². The molecule has 1 N–H and O–H groups in total. The lowest BCUT2D eigenvalue weighted by Crippen LogP contribution is -2.17. The van der Waals surface area contributed by atoms with Crippen LogP contribution in [0.15, 0.2) is 36.8 Å². The van der Waals surface area contributed by atoms with Gasteiger partial charge in [-0.15, -0.1) is 11.3 Å². The summed E-state index contributed by atoms with van der Waals surface area (Å²) in [7, 11) is 0. The standard InChI is InChI=1S/C19H16Cl2N2O2S/c1-10-13(18-14-6-12(20)3-2-11(14)4-5-25-18)7-16(26-10)17(24)15-8-22-9-23-19(15)21/h2-3,6-9,17-18,24H,4-5H2,1H3/t17?,18-/m0/s1. The maximum Gasteiger partial charge on any atom is 0.138 e. The minimum Gasteiger partial charge on any atom is -0.383 e. The predicted octanol–water partition coefficient (Wildman–Crippen LogP) is 4.90. The number of fused-ring (bicyclic) bond motifs is 1. The summed E-state index contributed by atoms with van der Waals surface area (Å²) >= 11 is 13.8. The molecule has 1 unspecified atom stereocenters. The quantitative estimate of drug-likeness (QED) is 0.628. The van der Waals surface area contributed by atoms with Crippen molar-refractivity contribution in [3.05, 3.63) is 79.0 Å². The Morgan fingerprint density at radius 3 is 2.92 bits per heavy atom. The van der Waals surface area contributed by atoms with Gasteiger partial charge in [-0.25, -0.2) is 9.97 Å². The third-order valence-electron chi connectivity index (χ3n) is 4.56. The SMILES string of the molecule is Cc1sc(C(O)c2cncnc2Cl)cc1[C@@H]1OCCc2ccc(Cl)cc21. The molecule has 1 aromatic carbocycles. The smallest absolute Gasteiger partial charge is 0.138 e. The van der Waals surface area contributed by atoms with Crippen LogP contribution in [0.4, 0.5) is 0 Å². The summed E-state index contributed by atoms with van der Waals surface area (Å²) in [4.78, 5) is 9.78. The van der Waals surface area contributed by atoms with E-state index in [9.17, 15) is 5.11 Å². The lowest BCUT2D eigenvalue weighted by Gasteiger charge is -2.26. The molecule has 3 aromatic rings. The van der Waals surface area contributed by atoms with E-state index in [0.717, 1.165) is 27.3 Å². The van der Waals surface area contributed by atoms with Gasteiger partial charge in [-0.2, -0.15) is 0 Å². The van der Waals surface area contributed by atoms with E-state index in [1.54, 1.807) is 6.20 Å². The zero-order chi connectivity index (χ0) is 18.3. The van der Waals surface area contributed by atoms with E-state index in [1.165, 1.54) is 23.2 Å². The van der Waals surface area contributed by atoms with Crippen LogP contribution in [0.3, 0.4) is 0 Å². The van der Waals surface area contributed by atoms with Crippen molar-refractivity contribution < 1.29 is 9.84 Å². The number of hydrogen-bond acceptors (Lipinski definition) is 5. The van der Waals surface area contributed by atoms with Crippen molar-refractivity contribution in [2.45, 2.75) is 25.6 Å². The highest BCUT2D eigenvalue weighted by molar-refractivity contribution is 7.12. The van der Waals surface area contributed by atoms with Crippen molar-refractivity contribution in [3.63, 3.8) is 0 Å². The first kappa shape index (κ1) is 17.9. The van der Waals surface area contributed by atoms with Gasteiger partial charge in [-0.1, -0.05) is 29.3 Å². The van der Waals surface area contributed by atoms with Gasteiger partial charge in [-0.3, -0.25) is 0 Å². The van der Waals surface area contributed by atoms with Crippen LogP contribution in [-0.2, 0) is 11.2 Å². The van der Waals surface area contributed by atoms with Gasteiger partial charge in [0.05, 0.1) is 6.61 Å². The molecule has 0 saturated heterocycles. The Bertz CT molecular complexity index is 960. The third-order valence-corrected chi connectivity index (χ3v) is 6.23. The monoisotopic (exact) mass is 406 g/mol. The molecule has 2 atom stereocenters. The van der Waals surface area contributed by atoms with E-state index in [2.05, 4.69) is 16.0 Å². The van der Waals surface area contributed by atoms with Gasteiger partial charge >= 0.3 is 0 Å².